The molecular formula is C19H27Cl2N3O2. The Morgan fingerprint density at radius 2 is 2.08 bits per heavy atom. The van der Waals surface area contributed by atoms with Crippen molar-refractivity contribution in [1.82, 2.24) is 5.32 Å². The molecule has 26 heavy (non-hydrogen) atoms. The third-order valence-electron chi connectivity index (χ3n) is 4.66. The molecule has 2 heterocycles. The minimum Gasteiger partial charge on any atom is -0.459 e. The summed E-state index contributed by atoms with van der Waals surface area (Å²) in [7, 11) is 0. The quantitative estimate of drug-likeness (QED) is 0.780. The Kier molecular flexibility index (Phi) is 8.47. The van der Waals surface area contributed by atoms with Crippen LogP contribution >= 0.6 is 24.8 Å². The van der Waals surface area contributed by atoms with E-state index in [4.69, 9.17) is 10.2 Å². The zero-order valence-corrected chi connectivity index (χ0v) is 16.7. The van der Waals surface area contributed by atoms with Crippen LogP contribution in [0.25, 0.3) is 0 Å². The fourth-order valence-electron chi connectivity index (χ4n) is 3.14. The van der Waals surface area contributed by atoms with Gasteiger partial charge < -0.3 is 20.4 Å². The lowest BCUT2D eigenvalue weighted by Crippen LogP contribution is -2.33. The molecule has 0 spiro atoms. The van der Waals surface area contributed by atoms with Crippen LogP contribution in [-0.2, 0) is 13.0 Å². The molecule has 0 fully saturated rings. The van der Waals surface area contributed by atoms with Gasteiger partial charge in [0, 0.05) is 30.4 Å². The number of furan rings is 1. The Bertz CT molecular complexity index is 720. The lowest BCUT2D eigenvalue weighted by atomic mass is 10.1. The summed E-state index contributed by atoms with van der Waals surface area (Å²) < 4.78 is 5.46. The Morgan fingerprint density at radius 1 is 1.35 bits per heavy atom. The van der Waals surface area contributed by atoms with Gasteiger partial charge in [0.2, 0.25) is 0 Å². The number of para-hydroxylation sites is 1. The predicted octanol–water partition coefficient (Wildman–Crippen LogP) is 3.40. The summed E-state index contributed by atoms with van der Waals surface area (Å²) in [6, 6.07) is 10.7. The molecule has 7 heteroatoms. The van der Waals surface area contributed by atoms with E-state index >= 15 is 0 Å². The number of nitrogens with zero attached hydrogens (tertiary/aromatic N) is 1. The van der Waals surface area contributed by atoms with Crippen LogP contribution < -0.4 is 16.0 Å². The third kappa shape index (κ3) is 4.72. The Morgan fingerprint density at radius 3 is 2.81 bits per heavy atom. The van der Waals surface area contributed by atoms with Crippen molar-refractivity contribution in [2.75, 3.05) is 18.0 Å². The van der Waals surface area contributed by atoms with Gasteiger partial charge in [0.1, 0.15) is 0 Å². The van der Waals surface area contributed by atoms with E-state index < -0.39 is 0 Å². The molecule has 0 saturated carbocycles. The van der Waals surface area contributed by atoms with Crippen LogP contribution in [0.2, 0.25) is 0 Å². The average Bonchev–Trinajstić information content (AvgIpc) is 3.17. The van der Waals surface area contributed by atoms with Gasteiger partial charge in [-0.15, -0.1) is 24.8 Å². The molecule has 2 atom stereocenters. The molecule has 5 nitrogen and oxygen atoms in total. The third-order valence-corrected chi connectivity index (χ3v) is 4.66. The first-order chi connectivity index (χ1) is 11.6. The summed E-state index contributed by atoms with van der Waals surface area (Å²) in [5.41, 5.74) is 9.11. The second kappa shape index (κ2) is 9.86. The number of anilines is 1. The summed E-state index contributed by atoms with van der Waals surface area (Å²) in [5, 5.41) is 2.90. The molecule has 0 bridgehead atoms. The van der Waals surface area contributed by atoms with Crippen molar-refractivity contribution in [2.24, 2.45) is 11.7 Å². The number of hydrogen-bond donors (Lipinski definition) is 2. The minimum absolute atomic E-state index is 0. The first-order valence-electron chi connectivity index (χ1n) is 8.49. The predicted molar refractivity (Wildman–Crippen MR) is 110 cm³/mol. The van der Waals surface area contributed by atoms with Crippen molar-refractivity contribution >= 4 is 36.4 Å². The van der Waals surface area contributed by atoms with E-state index in [1.54, 1.807) is 6.26 Å². The Balaban J connectivity index is 0.00000169. The minimum atomic E-state index is -0.171. The van der Waals surface area contributed by atoms with Crippen molar-refractivity contribution < 1.29 is 9.21 Å². The fraction of sp³-hybridized carbons (Fsp3) is 0.421. The van der Waals surface area contributed by atoms with Gasteiger partial charge in [0.25, 0.3) is 5.91 Å². The number of halogens is 2. The van der Waals surface area contributed by atoms with Crippen molar-refractivity contribution in [2.45, 2.75) is 32.9 Å². The Labute approximate surface area is 167 Å². The molecule has 3 rings (SSSR count). The molecule has 1 aliphatic rings. The number of rotatable bonds is 6. The molecule has 0 saturated heterocycles. The largest absolute Gasteiger partial charge is 0.459 e. The normalized spacial score (nSPS) is 16.3. The Hall–Kier alpha value is -1.69. The number of nitrogens with two attached hydrogens (primary N) is 1. The van der Waals surface area contributed by atoms with Crippen LogP contribution in [-0.4, -0.2) is 25.0 Å². The van der Waals surface area contributed by atoms with Gasteiger partial charge in [-0.25, -0.2) is 0 Å². The standard InChI is InChI=1S/C19H25N3O2.2ClH/c1-13(10-20)11-21-19(23)18-16(7-8-24-18)12-22-14(2)9-15-5-3-4-6-17(15)22;;/h3-8,13-14H,9-12,20H2,1-2H3,(H,21,23);2*1H. The average molecular weight is 400 g/mol. The van der Waals surface area contributed by atoms with Gasteiger partial charge in [-0.2, -0.15) is 0 Å². The lowest BCUT2D eigenvalue weighted by molar-refractivity contribution is 0.0919. The maximum atomic E-state index is 12.4. The van der Waals surface area contributed by atoms with Gasteiger partial charge in [0.05, 0.1) is 6.26 Å². The number of nitrogens with one attached hydrogen (secondary N) is 1. The highest BCUT2D eigenvalue weighted by atomic mass is 35.5. The summed E-state index contributed by atoms with van der Waals surface area (Å²) in [6.45, 7) is 5.99. The van der Waals surface area contributed by atoms with Crippen LogP contribution in [0.5, 0.6) is 0 Å². The van der Waals surface area contributed by atoms with Crippen molar-refractivity contribution in [3.63, 3.8) is 0 Å². The highest BCUT2D eigenvalue weighted by Gasteiger charge is 2.27. The van der Waals surface area contributed by atoms with Crippen LogP contribution in [0.4, 0.5) is 5.69 Å². The summed E-state index contributed by atoms with van der Waals surface area (Å²) in [5.74, 6) is 0.476. The molecule has 1 aromatic carbocycles. The number of amides is 1. The van der Waals surface area contributed by atoms with Crippen molar-refractivity contribution in [3.8, 4) is 0 Å². The van der Waals surface area contributed by atoms with Gasteiger partial charge in [-0.1, -0.05) is 25.1 Å². The maximum Gasteiger partial charge on any atom is 0.287 e. The summed E-state index contributed by atoms with van der Waals surface area (Å²) >= 11 is 0. The zero-order valence-electron chi connectivity index (χ0n) is 15.1. The van der Waals surface area contributed by atoms with Crippen LogP contribution in [0, 0.1) is 5.92 Å². The molecule has 1 aromatic heterocycles. The summed E-state index contributed by atoms with van der Waals surface area (Å²) in [6.07, 6.45) is 2.62. The first kappa shape index (κ1) is 22.4. The molecule has 0 aliphatic carbocycles. The number of carbonyl (C=O) groups is 1. The number of benzene rings is 1. The zero-order chi connectivity index (χ0) is 17.1. The first-order valence-corrected chi connectivity index (χ1v) is 8.49. The van der Waals surface area contributed by atoms with Gasteiger partial charge >= 0.3 is 0 Å². The SMILES string of the molecule is CC(CN)CNC(=O)c1occc1CN1c2ccccc2CC1C.Cl.Cl. The number of fused-ring (bicyclic) bond motifs is 1. The van der Waals surface area contributed by atoms with Crippen LogP contribution in [0.3, 0.4) is 0 Å². The van der Waals surface area contributed by atoms with Crippen LogP contribution in [0.15, 0.2) is 41.0 Å². The second-order valence-electron chi connectivity index (χ2n) is 6.64. The molecule has 1 aliphatic heterocycles. The summed E-state index contributed by atoms with van der Waals surface area (Å²) in [4.78, 5) is 14.7. The van der Waals surface area contributed by atoms with E-state index in [-0.39, 0.29) is 36.6 Å². The van der Waals surface area contributed by atoms with E-state index in [2.05, 4.69) is 41.4 Å². The van der Waals surface area contributed by atoms with E-state index in [9.17, 15) is 4.79 Å². The van der Waals surface area contributed by atoms with Crippen molar-refractivity contribution in [1.29, 1.82) is 0 Å². The van der Waals surface area contributed by atoms with Gasteiger partial charge in [-0.05, 0) is 43.5 Å². The highest BCUT2D eigenvalue weighted by molar-refractivity contribution is 5.93. The molecule has 3 N–H and O–H groups in total. The van der Waals surface area contributed by atoms with E-state index in [0.29, 0.717) is 31.4 Å². The molecule has 144 valence electrons. The fourth-order valence-corrected chi connectivity index (χ4v) is 3.14. The van der Waals surface area contributed by atoms with E-state index in [1.165, 1.54) is 11.3 Å². The molecule has 2 aromatic rings. The lowest BCUT2D eigenvalue weighted by Gasteiger charge is -2.24. The van der Waals surface area contributed by atoms with E-state index in [0.717, 1.165) is 12.0 Å². The highest BCUT2D eigenvalue weighted by Crippen LogP contribution is 2.33. The van der Waals surface area contributed by atoms with Gasteiger partial charge in [0.15, 0.2) is 5.76 Å². The van der Waals surface area contributed by atoms with Crippen LogP contribution in [0.1, 0.15) is 35.5 Å². The monoisotopic (exact) mass is 399 g/mol. The maximum absolute atomic E-state index is 12.4. The number of carbonyl (C=O) groups excluding carboxylic acids is 1. The number of hydrogen-bond acceptors (Lipinski definition) is 4. The van der Waals surface area contributed by atoms with Crippen molar-refractivity contribution in [3.05, 3.63) is 53.5 Å². The molecular weight excluding hydrogens is 373 g/mol. The molecule has 2 unspecified atom stereocenters. The smallest absolute Gasteiger partial charge is 0.287 e. The molecule has 0 radical (unpaired) electrons. The van der Waals surface area contributed by atoms with E-state index in [1.807, 2.05) is 13.0 Å². The van der Waals surface area contributed by atoms with Gasteiger partial charge in [-0.3, -0.25) is 4.79 Å². The molecule has 1 amide bonds. The topological polar surface area (TPSA) is 71.5 Å². The second-order valence-corrected chi connectivity index (χ2v) is 6.64.